The summed E-state index contributed by atoms with van der Waals surface area (Å²) in [7, 11) is 0. The Kier molecular flexibility index (Phi) is 3.07. The normalized spacial score (nSPS) is 10.8. The monoisotopic (exact) mass is 349 g/mol. The van der Waals surface area contributed by atoms with Crippen molar-refractivity contribution in [1.82, 2.24) is 30.0 Å². The standard InChI is InChI=1S/C11H7N7S.BrH/c12-9-6(10-14-16-17-15-10)5-13-11-18(9)7-3-1-2-4-8(7)19-11;/h1-5,12H,(H,14,15,16,17);1H. The zero-order chi connectivity index (χ0) is 12.8. The number of halogens is 1. The second-order valence-corrected chi connectivity index (χ2v) is 4.95. The lowest BCUT2D eigenvalue weighted by Crippen LogP contribution is -2.16. The van der Waals surface area contributed by atoms with Gasteiger partial charge in [0.25, 0.3) is 0 Å². The molecular weight excluding hydrogens is 342 g/mol. The number of fused-ring (bicyclic) bond motifs is 3. The van der Waals surface area contributed by atoms with Crippen LogP contribution in [-0.4, -0.2) is 30.0 Å². The number of hydrogen-bond acceptors (Lipinski definition) is 6. The molecule has 2 N–H and O–H groups in total. The molecule has 4 rings (SSSR count). The Balaban J connectivity index is 0.00000121. The minimum absolute atomic E-state index is 0. The number of rotatable bonds is 1. The number of aromatic amines is 1. The van der Waals surface area contributed by atoms with Gasteiger partial charge in [0.1, 0.15) is 5.49 Å². The molecule has 100 valence electrons. The SMILES string of the molecule is Br.N=c1c(-c2nn[nH]n2)cnc2sc3ccccc3n12. The molecule has 20 heavy (non-hydrogen) atoms. The van der Waals surface area contributed by atoms with Crippen molar-refractivity contribution < 1.29 is 0 Å². The van der Waals surface area contributed by atoms with Crippen LogP contribution in [0, 0.1) is 5.41 Å². The van der Waals surface area contributed by atoms with Gasteiger partial charge in [-0.25, -0.2) is 4.98 Å². The van der Waals surface area contributed by atoms with Crippen LogP contribution in [0.1, 0.15) is 0 Å². The van der Waals surface area contributed by atoms with Crippen LogP contribution in [0.4, 0.5) is 0 Å². The van der Waals surface area contributed by atoms with Crippen LogP contribution in [0.5, 0.6) is 0 Å². The minimum atomic E-state index is 0. The number of hydrogen-bond donors (Lipinski definition) is 2. The van der Waals surface area contributed by atoms with Crippen LogP contribution in [-0.2, 0) is 0 Å². The first-order valence-electron chi connectivity index (χ1n) is 5.52. The maximum absolute atomic E-state index is 8.32. The van der Waals surface area contributed by atoms with Crippen LogP contribution in [0.2, 0.25) is 0 Å². The molecule has 0 amide bonds. The molecule has 9 heteroatoms. The summed E-state index contributed by atoms with van der Waals surface area (Å²) in [5.74, 6) is 0.377. The fourth-order valence-corrected chi connectivity index (χ4v) is 3.01. The van der Waals surface area contributed by atoms with E-state index in [0.29, 0.717) is 16.9 Å². The summed E-state index contributed by atoms with van der Waals surface area (Å²) in [6, 6.07) is 7.91. The number of benzene rings is 1. The maximum atomic E-state index is 8.32. The highest BCUT2D eigenvalue weighted by molar-refractivity contribution is 8.93. The molecule has 3 heterocycles. The molecule has 0 spiro atoms. The zero-order valence-corrected chi connectivity index (χ0v) is 12.5. The van der Waals surface area contributed by atoms with E-state index >= 15 is 0 Å². The lowest BCUT2D eigenvalue weighted by atomic mass is 10.3. The maximum Gasteiger partial charge on any atom is 0.209 e. The molecule has 3 aromatic heterocycles. The number of nitrogens with zero attached hydrogens (tertiary/aromatic N) is 5. The second kappa shape index (κ2) is 4.76. The molecule has 0 atom stereocenters. The summed E-state index contributed by atoms with van der Waals surface area (Å²) in [5, 5.41) is 22.0. The van der Waals surface area contributed by atoms with Gasteiger partial charge in [-0.05, 0) is 17.3 Å². The molecule has 0 aliphatic carbocycles. The molecule has 1 aromatic carbocycles. The van der Waals surface area contributed by atoms with E-state index in [1.54, 1.807) is 21.9 Å². The summed E-state index contributed by atoms with van der Waals surface area (Å²) in [5.41, 5.74) is 1.82. The third-order valence-corrected chi connectivity index (χ3v) is 3.90. The number of para-hydroxylation sites is 1. The third-order valence-electron chi connectivity index (χ3n) is 2.87. The van der Waals surface area contributed by atoms with Gasteiger partial charge < -0.3 is 0 Å². The summed E-state index contributed by atoms with van der Waals surface area (Å²) < 4.78 is 2.89. The van der Waals surface area contributed by atoms with Gasteiger partial charge in [-0.2, -0.15) is 5.21 Å². The molecule has 0 unspecified atom stereocenters. The largest absolute Gasteiger partial charge is 0.283 e. The summed E-state index contributed by atoms with van der Waals surface area (Å²) in [4.78, 5) is 5.15. The Labute approximate surface area is 126 Å². The minimum Gasteiger partial charge on any atom is -0.283 e. The van der Waals surface area contributed by atoms with E-state index in [2.05, 4.69) is 25.6 Å². The smallest absolute Gasteiger partial charge is 0.209 e. The Morgan fingerprint density at radius 2 is 2.10 bits per heavy atom. The third kappa shape index (κ3) is 1.74. The number of tetrazole rings is 1. The Morgan fingerprint density at radius 1 is 1.25 bits per heavy atom. The predicted molar refractivity (Wildman–Crippen MR) is 79.9 cm³/mol. The van der Waals surface area contributed by atoms with Crippen molar-refractivity contribution >= 4 is 43.5 Å². The summed E-state index contributed by atoms with van der Waals surface area (Å²) >= 11 is 1.55. The van der Waals surface area contributed by atoms with E-state index in [9.17, 15) is 0 Å². The van der Waals surface area contributed by atoms with Crippen LogP contribution in [0.3, 0.4) is 0 Å². The summed E-state index contributed by atoms with van der Waals surface area (Å²) in [6.07, 6.45) is 1.61. The Bertz CT molecular complexity index is 940. The van der Waals surface area contributed by atoms with Crippen LogP contribution < -0.4 is 5.49 Å². The predicted octanol–water partition coefficient (Wildman–Crippen LogP) is 1.79. The van der Waals surface area contributed by atoms with Crippen molar-refractivity contribution in [2.45, 2.75) is 0 Å². The molecule has 0 saturated carbocycles. The van der Waals surface area contributed by atoms with Crippen molar-refractivity contribution in [2.24, 2.45) is 0 Å². The van der Waals surface area contributed by atoms with E-state index in [0.717, 1.165) is 15.2 Å². The molecule has 0 bridgehead atoms. The van der Waals surface area contributed by atoms with Gasteiger partial charge in [-0.3, -0.25) is 9.81 Å². The highest BCUT2D eigenvalue weighted by Crippen LogP contribution is 2.23. The molecule has 0 saturated heterocycles. The molecular formula is C11H8BrN7S. The molecule has 7 nitrogen and oxygen atoms in total. The molecule has 0 aliphatic heterocycles. The Morgan fingerprint density at radius 3 is 2.90 bits per heavy atom. The highest BCUT2D eigenvalue weighted by Gasteiger charge is 2.12. The van der Waals surface area contributed by atoms with Gasteiger partial charge in [-0.15, -0.1) is 27.2 Å². The lowest BCUT2D eigenvalue weighted by molar-refractivity contribution is 0.881. The topological polar surface area (TPSA) is 95.6 Å². The van der Waals surface area contributed by atoms with Gasteiger partial charge in [0.05, 0.1) is 15.8 Å². The van der Waals surface area contributed by atoms with Crippen LogP contribution in [0.15, 0.2) is 30.5 Å². The highest BCUT2D eigenvalue weighted by atomic mass is 79.9. The van der Waals surface area contributed by atoms with E-state index in [4.69, 9.17) is 5.41 Å². The fraction of sp³-hybridized carbons (Fsp3) is 0. The first-order chi connectivity index (χ1) is 9.34. The zero-order valence-electron chi connectivity index (χ0n) is 9.94. The number of aromatic nitrogens is 6. The van der Waals surface area contributed by atoms with E-state index in [1.807, 2.05) is 24.3 Å². The van der Waals surface area contributed by atoms with Gasteiger partial charge >= 0.3 is 0 Å². The number of thiazole rings is 1. The molecule has 0 fully saturated rings. The molecule has 0 radical (unpaired) electrons. The number of nitrogens with one attached hydrogen (secondary N) is 2. The first-order valence-corrected chi connectivity index (χ1v) is 6.34. The average Bonchev–Trinajstić information content (AvgIpc) is 3.05. The number of H-pyrrole nitrogens is 1. The van der Waals surface area contributed by atoms with Crippen molar-refractivity contribution in [2.75, 3.05) is 0 Å². The van der Waals surface area contributed by atoms with Crippen molar-refractivity contribution in [1.29, 1.82) is 5.41 Å². The molecule has 4 aromatic rings. The fourth-order valence-electron chi connectivity index (χ4n) is 2.02. The second-order valence-electron chi connectivity index (χ2n) is 3.94. The van der Waals surface area contributed by atoms with Gasteiger partial charge in [-0.1, -0.05) is 23.5 Å². The van der Waals surface area contributed by atoms with E-state index < -0.39 is 0 Å². The van der Waals surface area contributed by atoms with Crippen LogP contribution >= 0.6 is 28.3 Å². The van der Waals surface area contributed by atoms with Crippen molar-refractivity contribution in [3.63, 3.8) is 0 Å². The Hall–Kier alpha value is -2.13. The molecule has 0 aliphatic rings. The summed E-state index contributed by atoms with van der Waals surface area (Å²) in [6.45, 7) is 0. The van der Waals surface area contributed by atoms with E-state index in [1.165, 1.54) is 0 Å². The quantitative estimate of drug-likeness (QED) is 0.547. The van der Waals surface area contributed by atoms with Crippen molar-refractivity contribution in [3.8, 4) is 11.4 Å². The lowest BCUT2D eigenvalue weighted by Gasteiger charge is -1.99. The average molecular weight is 350 g/mol. The van der Waals surface area contributed by atoms with Gasteiger partial charge in [0.15, 0.2) is 4.96 Å². The van der Waals surface area contributed by atoms with E-state index in [-0.39, 0.29) is 17.0 Å². The van der Waals surface area contributed by atoms with Crippen LogP contribution in [0.25, 0.3) is 26.6 Å². The first kappa shape index (κ1) is 12.9. The van der Waals surface area contributed by atoms with Gasteiger partial charge in [0.2, 0.25) is 5.82 Å². The van der Waals surface area contributed by atoms with Crippen molar-refractivity contribution in [3.05, 3.63) is 36.0 Å². The van der Waals surface area contributed by atoms with Gasteiger partial charge in [0, 0.05) is 6.20 Å².